The molecule has 0 bridgehead atoms. The third-order valence-corrected chi connectivity index (χ3v) is 3.89. The van der Waals surface area contributed by atoms with Crippen LogP contribution in [-0.4, -0.2) is 0 Å². The van der Waals surface area contributed by atoms with Gasteiger partial charge in [0.25, 0.3) is 0 Å². The van der Waals surface area contributed by atoms with Crippen molar-refractivity contribution in [2.45, 2.75) is 98.3 Å². The maximum Gasteiger partial charge on any atom is -0.0318 e. The lowest BCUT2D eigenvalue weighted by molar-refractivity contribution is 0.572. The Hall–Kier alpha value is -0.260. The van der Waals surface area contributed by atoms with Crippen LogP contribution in [-0.2, 0) is 0 Å². The Morgan fingerprint density at radius 1 is 0.647 bits per heavy atom. The third kappa shape index (κ3) is 9.44. The van der Waals surface area contributed by atoms with Gasteiger partial charge in [0, 0.05) is 0 Å². The molecule has 0 amide bonds. The van der Waals surface area contributed by atoms with E-state index in [0.29, 0.717) is 0 Å². The molecule has 0 aromatic heterocycles. The van der Waals surface area contributed by atoms with Gasteiger partial charge < -0.3 is 0 Å². The van der Waals surface area contributed by atoms with Crippen molar-refractivity contribution in [3.63, 3.8) is 0 Å². The number of hydrogen-bond acceptors (Lipinski definition) is 0. The Balaban J connectivity index is 3.44. The molecule has 0 heterocycles. The molecule has 0 saturated carbocycles. The van der Waals surface area contributed by atoms with Crippen LogP contribution in [0.2, 0.25) is 0 Å². The molecular weight excluding hydrogens is 204 g/mol. The molecule has 0 spiro atoms. The van der Waals surface area contributed by atoms with Gasteiger partial charge in [-0.15, -0.1) is 0 Å². The first-order valence-corrected chi connectivity index (χ1v) is 7.93. The highest BCUT2D eigenvalue weighted by molar-refractivity contribution is 5.10. The molecule has 0 N–H and O–H groups in total. The van der Waals surface area contributed by atoms with Crippen LogP contribution < -0.4 is 0 Å². The first-order valence-electron chi connectivity index (χ1n) is 7.93. The average Bonchev–Trinajstić information content (AvgIpc) is 2.36. The fourth-order valence-electron chi connectivity index (χ4n) is 2.41. The average molecular weight is 238 g/mol. The summed E-state index contributed by atoms with van der Waals surface area (Å²) < 4.78 is 0. The summed E-state index contributed by atoms with van der Waals surface area (Å²) in [6, 6.07) is 0. The van der Waals surface area contributed by atoms with Crippen LogP contribution in [0.5, 0.6) is 0 Å². The molecule has 0 saturated heterocycles. The Morgan fingerprint density at radius 3 is 1.65 bits per heavy atom. The highest BCUT2D eigenvalue weighted by Crippen LogP contribution is 2.19. The van der Waals surface area contributed by atoms with E-state index in [0.717, 1.165) is 0 Å². The molecule has 0 heteroatoms. The molecule has 0 aliphatic rings. The third-order valence-electron chi connectivity index (χ3n) is 3.89. The van der Waals surface area contributed by atoms with E-state index in [1.54, 1.807) is 11.1 Å². The summed E-state index contributed by atoms with van der Waals surface area (Å²) in [5.41, 5.74) is 3.36. The van der Waals surface area contributed by atoms with Crippen LogP contribution in [0, 0.1) is 0 Å². The zero-order valence-electron chi connectivity index (χ0n) is 12.8. The molecule has 0 aliphatic carbocycles. The van der Waals surface area contributed by atoms with Crippen LogP contribution in [0.3, 0.4) is 0 Å². The summed E-state index contributed by atoms with van der Waals surface area (Å²) in [6.07, 6.45) is 15.3. The minimum atomic E-state index is 1.24. The van der Waals surface area contributed by atoms with Gasteiger partial charge in [-0.05, 0) is 32.6 Å². The zero-order chi connectivity index (χ0) is 12.9. The zero-order valence-corrected chi connectivity index (χ0v) is 12.8. The van der Waals surface area contributed by atoms with E-state index in [1.165, 1.54) is 70.6 Å². The first-order chi connectivity index (χ1) is 8.26. The predicted molar refractivity (Wildman–Crippen MR) is 80.5 cm³/mol. The van der Waals surface area contributed by atoms with Gasteiger partial charge in [-0.3, -0.25) is 0 Å². The van der Waals surface area contributed by atoms with Gasteiger partial charge in [-0.25, -0.2) is 0 Å². The van der Waals surface area contributed by atoms with Crippen LogP contribution in [0.1, 0.15) is 98.3 Å². The second-order valence-electron chi connectivity index (χ2n) is 5.32. The fourth-order valence-corrected chi connectivity index (χ4v) is 2.41. The summed E-state index contributed by atoms with van der Waals surface area (Å²) in [4.78, 5) is 0. The Kier molecular flexibility index (Phi) is 12.0. The van der Waals surface area contributed by atoms with Crippen molar-refractivity contribution in [3.8, 4) is 0 Å². The minimum Gasteiger partial charge on any atom is -0.0744 e. The lowest BCUT2D eigenvalue weighted by atomic mass is 9.98. The summed E-state index contributed by atoms with van der Waals surface area (Å²) in [5, 5.41) is 0. The number of allylic oxidation sites excluding steroid dienone is 2. The van der Waals surface area contributed by atoms with E-state index in [1.807, 2.05) is 0 Å². The summed E-state index contributed by atoms with van der Waals surface area (Å²) >= 11 is 0. The molecule has 0 aromatic rings. The summed E-state index contributed by atoms with van der Waals surface area (Å²) in [6.45, 7) is 9.18. The van der Waals surface area contributed by atoms with Crippen molar-refractivity contribution in [2.75, 3.05) is 0 Å². The first kappa shape index (κ1) is 16.7. The van der Waals surface area contributed by atoms with E-state index >= 15 is 0 Å². The number of hydrogen-bond donors (Lipinski definition) is 0. The largest absolute Gasteiger partial charge is 0.0744 e. The molecule has 0 rings (SSSR count). The highest BCUT2D eigenvalue weighted by atomic mass is 14.1. The molecule has 0 aliphatic heterocycles. The van der Waals surface area contributed by atoms with E-state index < -0.39 is 0 Å². The van der Waals surface area contributed by atoms with Crippen molar-refractivity contribution in [1.29, 1.82) is 0 Å². The quantitative estimate of drug-likeness (QED) is 0.279. The van der Waals surface area contributed by atoms with Crippen molar-refractivity contribution in [2.24, 2.45) is 0 Å². The molecule has 17 heavy (non-hydrogen) atoms. The SMILES string of the molecule is CCCCCCCCCCC(CC)=C(C)CC. The van der Waals surface area contributed by atoms with E-state index in [9.17, 15) is 0 Å². The predicted octanol–water partition coefficient (Wildman–Crippen LogP) is 6.65. The molecule has 0 aromatic carbocycles. The number of rotatable bonds is 11. The fraction of sp³-hybridized carbons (Fsp3) is 0.882. The number of unbranched alkanes of at least 4 members (excludes halogenated alkanes) is 7. The Morgan fingerprint density at radius 2 is 1.18 bits per heavy atom. The summed E-state index contributed by atoms with van der Waals surface area (Å²) in [5.74, 6) is 0. The molecule has 0 fully saturated rings. The van der Waals surface area contributed by atoms with Crippen molar-refractivity contribution < 1.29 is 0 Å². The smallest absolute Gasteiger partial charge is 0.0318 e. The topological polar surface area (TPSA) is 0 Å². The van der Waals surface area contributed by atoms with Crippen LogP contribution in [0.4, 0.5) is 0 Å². The lowest BCUT2D eigenvalue weighted by Crippen LogP contribution is -1.88. The standard InChI is InChI=1S/C17H34/c1-5-8-9-10-11-12-13-14-15-17(7-3)16(4)6-2/h5-15H2,1-4H3. The van der Waals surface area contributed by atoms with Crippen molar-refractivity contribution in [1.82, 2.24) is 0 Å². The maximum atomic E-state index is 2.31. The van der Waals surface area contributed by atoms with Crippen molar-refractivity contribution >= 4 is 0 Å². The lowest BCUT2D eigenvalue weighted by Gasteiger charge is -2.09. The molecule has 0 unspecified atom stereocenters. The molecule has 0 nitrogen and oxygen atoms in total. The van der Waals surface area contributed by atoms with Crippen LogP contribution in [0.25, 0.3) is 0 Å². The maximum absolute atomic E-state index is 2.31. The van der Waals surface area contributed by atoms with Gasteiger partial charge in [0.1, 0.15) is 0 Å². The van der Waals surface area contributed by atoms with E-state index in [2.05, 4.69) is 27.7 Å². The summed E-state index contributed by atoms with van der Waals surface area (Å²) in [7, 11) is 0. The van der Waals surface area contributed by atoms with E-state index in [4.69, 9.17) is 0 Å². The molecule has 102 valence electrons. The molecular formula is C17H34. The minimum absolute atomic E-state index is 1.24. The molecule has 0 atom stereocenters. The van der Waals surface area contributed by atoms with Crippen LogP contribution >= 0.6 is 0 Å². The van der Waals surface area contributed by atoms with Gasteiger partial charge >= 0.3 is 0 Å². The van der Waals surface area contributed by atoms with Crippen LogP contribution in [0.15, 0.2) is 11.1 Å². The second-order valence-corrected chi connectivity index (χ2v) is 5.32. The van der Waals surface area contributed by atoms with E-state index in [-0.39, 0.29) is 0 Å². The van der Waals surface area contributed by atoms with Gasteiger partial charge in [0.2, 0.25) is 0 Å². The Bertz CT molecular complexity index is 188. The molecule has 0 radical (unpaired) electrons. The second kappa shape index (κ2) is 12.2. The monoisotopic (exact) mass is 238 g/mol. The highest BCUT2D eigenvalue weighted by Gasteiger charge is 1.99. The van der Waals surface area contributed by atoms with Gasteiger partial charge in [0.15, 0.2) is 0 Å². The van der Waals surface area contributed by atoms with Gasteiger partial charge in [0.05, 0.1) is 0 Å². The van der Waals surface area contributed by atoms with Crippen molar-refractivity contribution in [3.05, 3.63) is 11.1 Å². The normalized spacial score (nSPS) is 12.7. The van der Waals surface area contributed by atoms with Gasteiger partial charge in [-0.2, -0.15) is 0 Å². The Labute approximate surface area is 110 Å². The van der Waals surface area contributed by atoms with Gasteiger partial charge in [-0.1, -0.05) is 76.9 Å².